The van der Waals surface area contributed by atoms with Crippen molar-refractivity contribution in [3.63, 3.8) is 0 Å². The number of rotatable bonds is 5. The molecule has 0 radical (unpaired) electrons. The highest BCUT2D eigenvalue weighted by molar-refractivity contribution is 5.71. The molecule has 0 aliphatic carbocycles. The predicted molar refractivity (Wildman–Crippen MR) is 57.2 cm³/mol. The lowest BCUT2D eigenvalue weighted by atomic mass is 10.3. The van der Waals surface area contributed by atoms with Crippen molar-refractivity contribution in [1.29, 1.82) is 0 Å². The molecule has 1 heterocycles. The van der Waals surface area contributed by atoms with E-state index < -0.39 is 0 Å². The molecule has 1 aromatic rings. The zero-order valence-corrected chi connectivity index (χ0v) is 9.06. The Labute approximate surface area is 89.7 Å². The number of aromatic nitrogens is 1. The van der Waals surface area contributed by atoms with Crippen molar-refractivity contribution in [1.82, 2.24) is 10.3 Å². The number of nitrogens with zero attached hydrogens (tertiary/aromatic N) is 1. The van der Waals surface area contributed by atoms with E-state index in [1.165, 1.54) is 0 Å². The van der Waals surface area contributed by atoms with Crippen molar-refractivity contribution in [3.8, 4) is 0 Å². The molecule has 82 valence electrons. The third-order valence-corrected chi connectivity index (χ3v) is 1.67. The summed E-state index contributed by atoms with van der Waals surface area (Å²) in [5.41, 5.74) is 0.912. The van der Waals surface area contributed by atoms with Gasteiger partial charge in [-0.25, -0.2) is 0 Å². The van der Waals surface area contributed by atoms with E-state index in [1.807, 2.05) is 32.0 Å². The monoisotopic (exact) mass is 208 g/mol. The number of pyridine rings is 1. The summed E-state index contributed by atoms with van der Waals surface area (Å²) < 4.78 is 4.97. The molecule has 0 unspecified atom stereocenters. The van der Waals surface area contributed by atoms with Gasteiger partial charge in [0.1, 0.15) is 0 Å². The molecule has 1 N–H and O–H groups in total. The van der Waals surface area contributed by atoms with Gasteiger partial charge in [-0.1, -0.05) is 6.07 Å². The van der Waals surface area contributed by atoms with Crippen LogP contribution in [0.25, 0.3) is 0 Å². The van der Waals surface area contributed by atoms with Crippen LogP contribution < -0.4 is 5.32 Å². The fraction of sp³-hybridized carbons (Fsp3) is 0.455. The van der Waals surface area contributed by atoms with Crippen molar-refractivity contribution in [2.45, 2.75) is 26.5 Å². The Morgan fingerprint density at radius 3 is 2.93 bits per heavy atom. The first kappa shape index (κ1) is 11.7. The van der Waals surface area contributed by atoms with Gasteiger partial charge in [-0.3, -0.25) is 9.78 Å². The average Bonchev–Trinajstić information content (AvgIpc) is 2.18. The number of carbonyl (C=O) groups excluding carboxylic acids is 1. The van der Waals surface area contributed by atoms with Crippen LogP contribution in [0.5, 0.6) is 0 Å². The summed E-state index contributed by atoms with van der Waals surface area (Å²) in [5, 5.41) is 2.97. The first-order valence-corrected chi connectivity index (χ1v) is 4.98. The van der Waals surface area contributed by atoms with E-state index in [0.717, 1.165) is 5.69 Å². The molecule has 0 aliphatic heterocycles. The van der Waals surface area contributed by atoms with Crippen molar-refractivity contribution in [2.75, 3.05) is 6.54 Å². The van der Waals surface area contributed by atoms with Crippen LogP contribution in [0, 0.1) is 0 Å². The number of nitrogens with one attached hydrogen (secondary N) is 1. The molecular formula is C11H16N2O2. The third-order valence-electron chi connectivity index (χ3n) is 1.67. The molecule has 1 rings (SSSR count). The molecule has 0 saturated heterocycles. The molecule has 0 bridgehead atoms. The van der Waals surface area contributed by atoms with Gasteiger partial charge >= 0.3 is 5.97 Å². The highest BCUT2D eigenvalue weighted by Gasteiger charge is 2.04. The lowest BCUT2D eigenvalue weighted by Gasteiger charge is -2.08. The second-order valence-electron chi connectivity index (χ2n) is 3.46. The molecule has 0 spiro atoms. The normalized spacial score (nSPS) is 10.3. The lowest BCUT2D eigenvalue weighted by Crippen LogP contribution is -2.26. The minimum absolute atomic E-state index is 0.0610. The van der Waals surface area contributed by atoms with Crippen LogP contribution in [0.4, 0.5) is 0 Å². The van der Waals surface area contributed by atoms with Crippen molar-refractivity contribution < 1.29 is 9.53 Å². The smallest absolute Gasteiger partial charge is 0.320 e. The molecule has 0 atom stereocenters. The summed E-state index contributed by atoms with van der Waals surface area (Å²) in [5.74, 6) is -0.235. The van der Waals surface area contributed by atoms with E-state index in [-0.39, 0.29) is 18.6 Å². The standard InChI is InChI=1S/C11H16N2O2/c1-9(2)15-11(14)8-12-7-10-5-3-4-6-13-10/h3-6,9,12H,7-8H2,1-2H3. The lowest BCUT2D eigenvalue weighted by molar-refractivity contribution is -0.146. The molecular weight excluding hydrogens is 192 g/mol. The van der Waals surface area contributed by atoms with E-state index in [2.05, 4.69) is 10.3 Å². The molecule has 4 nitrogen and oxygen atoms in total. The van der Waals surface area contributed by atoms with E-state index >= 15 is 0 Å². The Kier molecular flexibility index (Phi) is 4.77. The minimum atomic E-state index is -0.235. The van der Waals surface area contributed by atoms with Crippen LogP contribution in [0.15, 0.2) is 24.4 Å². The zero-order chi connectivity index (χ0) is 11.1. The van der Waals surface area contributed by atoms with Gasteiger partial charge in [0.15, 0.2) is 0 Å². The van der Waals surface area contributed by atoms with Crippen LogP contribution in [0.1, 0.15) is 19.5 Å². The van der Waals surface area contributed by atoms with E-state index in [9.17, 15) is 4.79 Å². The summed E-state index contributed by atoms with van der Waals surface area (Å²) in [7, 11) is 0. The molecule has 4 heteroatoms. The maximum Gasteiger partial charge on any atom is 0.320 e. The maximum atomic E-state index is 11.1. The summed E-state index contributed by atoms with van der Waals surface area (Å²) in [4.78, 5) is 15.3. The molecule has 0 aliphatic rings. The van der Waals surface area contributed by atoms with Crippen molar-refractivity contribution in [3.05, 3.63) is 30.1 Å². The van der Waals surface area contributed by atoms with Crippen molar-refractivity contribution in [2.24, 2.45) is 0 Å². The molecule has 0 aromatic carbocycles. The summed E-state index contributed by atoms with van der Waals surface area (Å²) in [6.07, 6.45) is 1.66. The first-order chi connectivity index (χ1) is 7.18. The summed E-state index contributed by atoms with van der Waals surface area (Å²) in [6, 6.07) is 5.67. The summed E-state index contributed by atoms with van der Waals surface area (Å²) >= 11 is 0. The first-order valence-electron chi connectivity index (χ1n) is 4.98. The second kappa shape index (κ2) is 6.14. The minimum Gasteiger partial charge on any atom is -0.462 e. The second-order valence-corrected chi connectivity index (χ2v) is 3.46. The zero-order valence-electron chi connectivity index (χ0n) is 9.06. The number of hydrogen-bond donors (Lipinski definition) is 1. The van der Waals surface area contributed by atoms with Crippen molar-refractivity contribution >= 4 is 5.97 Å². The highest BCUT2D eigenvalue weighted by Crippen LogP contribution is 1.92. The maximum absolute atomic E-state index is 11.1. The molecule has 1 aromatic heterocycles. The molecule has 0 amide bonds. The molecule has 0 saturated carbocycles. The average molecular weight is 208 g/mol. The highest BCUT2D eigenvalue weighted by atomic mass is 16.5. The topological polar surface area (TPSA) is 51.2 Å². The Hall–Kier alpha value is -1.42. The Balaban J connectivity index is 2.19. The van der Waals surface area contributed by atoms with Gasteiger partial charge in [0.2, 0.25) is 0 Å². The largest absolute Gasteiger partial charge is 0.462 e. The van der Waals surface area contributed by atoms with Gasteiger partial charge in [-0.15, -0.1) is 0 Å². The number of ether oxygens (including phenoxy) is 1. The fourth-order valence-electron chi connectivity index (χ4n) is 1.10. The van der Waals surface area contributed by atoms with Crippen LogP contribution in [-0.4, -0.2) is 23.6 Å². The van der Waals surface area contributed by atoms with Crippen LogP contribution in [0.2, 0.25) is 0 Å². The van der Waals surface area contributed by atoms with Gasteiger partial charge < -0.3 is 10.1 Å². The molecule has 0 fully saturated rings. The quantitative estimate of drug-likeness (QED) is 0.737. The van der Waals surface area contributed by atoms with Gasteiger partial charge in [-0.2, -0.15) is 0 Å². The Morgan fingerprint density at radius 2 is 2.33 bits per heavy atom. The third kappa shape index (κ3) is 5.12. The number of carbonyl (C=O) groups is 1. The van der Waals surface area contributed by atoms with Crippen LogP contribution in [-0.2, 0) is 16.1 Å². The Bertz CT molecular complexity index is 299. The summed E-state index contributed by atoms with van der Waals surface area (Å²) in [6.45, 7) is 4.45. The Morgan fingerprint density at radius 1 is 1.53 bits per heavy atom. The van der Waals surface area contributed by atoms with E-state index in [1.54, 1.807) is 6.20 Å². The van der Waals surface area contributed by atoms with Gasteiger partial charge in [0.05, 0.1) is 18.3 Å². The van der Waals surface area contributed by atoms with Crippen LogP contribution >= 0.6 is 0 Å². The van der Waals surface area contributed by atoms with Gasteiger partial charge in [-0.05, 0) is 26.0 Å². The predicted octanol–water partition coefficient (Wildman–Crippen LogP) is 1.12. The van der Waals surface area contributed by atoms with Crippen LogP contribution in [0.3, 0.4) is 0 Å². The number of hydrogen-bond acceptors (Lipinski definition) is 4. The van der Waals surface area contributed by atoms with Gasteiger partial charge in [0.25, 0.3) is 0 Å². The molecule has 15 heavy (non-hydrogen) atoms. The fourth-order valence-corrected chi connectivity index (χ4v) is 1.10. The SMILES string of the molecule is CC(C)OC(=O)CNCc1ccccn1. The van der Waals surface area contributed by atoms with E-state index in [4.69, 9.17) is 4.74 Å². The van der Waals surface area contributed by atoms with Gasteiger partial charge in [0, 0.05) is 12.7 Å². The number of esters is 1. The van der Waals surface area contributed by atoms with E-state index in [0.29, 0.717) is 6.54 Å².